The van der Waals surface area contributed by atoms with E-state index in [0.717, 1.165) is 19.5 Å². The minimum Gasteiger partial charge on any atom is -0.306 e. The SMILES string of the molecule is CN1CCC2N=C(c3ccccc3)c3ccccc3C2C1. The molecule has 106 valence electrons. The topological polar surface area (TPSA) is 15.6 Å². The minimum absolute atomic E-state index is 0.436. The number of aliphatic imine (C=N–C) groups is 1. The van der Waals surface area contributed by atoms with E-state index >= 15 is 0 Å². The zero-order valence-corrected chi connectivity index (χ0v) is 12.4. The van der Waals surface area contributed by atoms with Gasteiger partial charge in [-0.25, -0.2) is 0 Å². The molecule has 2 aromatic carbocycles. The van der Waals surface area contributed by atoms with Crippen LogP contribution in [0.15, 0.2) is 59.6 Å². The van der Waals surface area contributed by atoms with Crippen molar-refractivity contribution in [1.82, 2.24) is 4.90 Å². The predicted molar refractivity (Wildman–Crippen MR) is 87.2 cm³/mol. The molecule has 0 N–H and O–H groups in total. The third kappa shape index (κ3) is 2.20. The fourth-order valence-corrected chi connectivity index (χ4v) is 3.66. The summed E-state index contributed by atoms with van der Waals surface area (Å²) in [4.78, 5) is 7.57. The van der Waals surface area contributed by atoms with E-state index < -0.39 is 0 Å². The number of hydrogen-bond acceptors (Lipinski definition) is 2. The minimum atomic E-state index is 0.436. The summed E-state index contributed by atoms with van der Waals surface area (Å²) in [6, 6.07) is 19.9. The van der Waals surface area contributed by atoms with Crippen LogP contribution in [0.2, 0.25) is 0 Å². The Labute approximate surface area is 126 Å². The Morgan fingerprint density at radius 2 is 1.76 bits per heavy atom. The summed E-state index contributed by atoms with van der Waals surface area (Å²) < 4.78 is 0. The van der Waals surface area contributed by atoms with Gasteiger partial charge in [0.2, 0.25) is 0 Å². The van der Waals surface area contributed by atoms with E-state index in [2.05, 4.69) is 66.5 Å². The summed E-state index contributed by atoms with van der Waals surface area (Å²) in [5.74, 6) is 0.549. The summed E-state index contributed by atoms with van der Waals surface area (Å²) in [5.41, 5.74) is 5.21. The van der Waals surface area contributed by atoms with Crippen LogP contribution in [0.25, 0.3) is 0 Å². The fourth-order valence-electron chi connectivity index (χ4n) is 3.66. The van der Waals surface area contributed by atoms with E-state index in [9.17, 15) is 0 Å². The quantitative estimate of drug-likeness (QED) is 0.780. The molecule has 0 aliphatic carbocycles. The molecule has 0 aromatic heterocycles. The highest BCUT2D eigenvalue weighted by atomic mass is 15.1. The summed E-state index contributed by atoms with van der Waals surface area (Å²) in [6.45, 7) is 2.27. The average molecular weight is 276 g/mol. The van der Waals surface area contributed by atoms with E-state index in [-0.39, 0.29) is 0 Å². The molecule has 21 heavy (non-hydrogen) atoms. The normalized spacial score (nSPS) is 24.9. The van der Waals surface area contributed by atoms with Crippen LogP contribution < -0.4 is 0 Å². The van der Waals surface area contributed by atoms with Gasteiger partial charge in [-0.2, -0.15) is 0 Å². The standard InChI is InChI=1S/C19H20N2/c1-21-12-11-18-17(13-21)15-9-5-6-10-16(15)19(20-18)14-7-3-2-4-8-14/h2-10,17-18H,11-13H2,1H3. The lowest BCUT2D eigenvalue weighted by atomic mass is 9.79. The number of piperidine rings is 1. The van der Waals surface area contributed by atoms with Gasteiger partial charge in [0.05, 0.1) is 11.8 Å². The van der Waals surface area contributed by atoms with Crippen molar-refractivity contribution in [3.05, 3.63) is 71.3 Å². The zero-order chi connectivity index (χ0) is 14.2. The maximum absolute atomic E-state index is 5.14. The van der Waals surface area contributed by atoms with Crippen molar-refractivity contribution < 1.29 is 0 Å². The van der Waals surface area contributed by atoms with Gasteiger partial charge >= 0.3 is 0 Å². The van der Waals surface area contributed by atoms with Gasteiger partial charge in [0, 0.05) is 23.6 Å². The number of likely N-dealkylation sites (tertiary alicyclic amines) is 1. The van der Waals surface area contributed by atoms with Gasteiger partial charge in [-0.15, -0.1) is 0 Å². The first-order valence-electron chi connectivity index (χ1n) is 7.74. The third-order valence-corrected chi connectivity index (χ3v) is 4.74. The molecule has 2 aliphatic rings. The van der Waals surface area contributed by atoms with E-state index in [1.165, 1.54) is 22.4 Å². The fraction of sp³-hybridized carbons (Fsp3) is 0.316. The van der Waals surface area contributed by atoms with Crippen LogP contribution in [-0.4, -0.2) is 36.8 Å². The van der Waals surface area contributed by atoms with Gasteiger partial charge < -0.3 is 4.90 Å². The largest absolute Gasteiger partial charge is 0.306 e. The predicted octanol–water partition coefficient (Wildman–Crippen LogP) is 3.33. The van der Waals surface area contributed by atoms with Gasteiger partial charge in [0.1, 0.15) is 0 Å². The molecule has 2 heterocycles. The maximum atomic E-state index is 5.14. The first-order chi connectivity index (χ1) is 10.3. The van der Waals surface area contributed by atoms with Crippen LogP contribution in [0.3, 0.4) is 0 Å². The molecule has 2 atom stereocenters. The molecule has 0 spiro atoms. The van der Waals surface area contributed by atoms with E-state index in [1.807, 2.05) is 0 Å². The molecule has 2 aromatic rings. The summed E-state index contributed by atoms with van der Waals surface area (Å²) in [5, 5.41) is 0. The molecule has 2 heteroatoms. The van der Waals surface area contributed by atoms with Crippen LogP contribution in [0.5, 0.6) is 0 Å². The van der Waals surface area contributed by atoms with Crippen molar-refractivity contribution >= 4 is 5.71 Å². The molecule has 0 bridgehead atoms. The van der Waals surface area contributed by atoms with Crippen molar-refractivity contribution in [2.75, 3.05) is 20.1 Å². The molecular weight excluding hydrogens is 256 g/mol. The van der Waals surface area contributed by atoms with Crippen molar-refractivity contribution in [2.45, 2.75) is 18.4 Å². The first-order valence-corrected chi connectivity index (χ1v) is 7.74. The van der Waals surface area contributed by atoms with E-state index in [4.69, 9.17) is 4.99 Å². The van der Waals surface area contributed by atoms with Crippen molar-refractivity contribution in [1.29, 1.82) is 0 Å². The molecule has 2 aliphatic heterocycles. The summed E-state index contributed by atoms with van der Waals surface area (Å²) in [7, 11) is 2.22. The Bertz CT molecular complexity index is 675. The highest BCUT2D eigenvalue weighted by Crippen LogP contribution is 2.36. The Kier molecular flexibility index (Phi) is 3.12. The van der Waals surface area contributed by atoms with Gasteiger partial charge in [-0.05, 0) is 25.6 Å². The van der Waals surface area contributed by atoms with Crippen LogP contribution in [0.4, 0.5) is 0 Å². The Morgan fingerprint density at radius 1 is 1.00 bits per heavy atom. The number of rotatable bonds is 1. The molecule has 0 saturated carbocycles. The van der Waals surface area contributed by atoms with Crippen molar-refractivity contribution in [2.24, 2.45) is 4.99 Å². The number of fused-ring (bicyclic) bond motifs is 3. The second kappa shape index (κ2) is 5.12. The van der Waals surface area contributed by atoms with Gasteiger partial charge in [0.25, 0.3) is 0 Å². The monoisotopic (exact) mass is 276 g/mol. The Morgan fingerprint density at radius 3 is 2.62 bits per heavy atom. The summed E-state index contributed by atoms with van der Waals surface area (Å²) in [6.07, 6.45) is 1.16. The van der Waals surface area contributed by atoms with Crippen LogP contribution in [0, 0.1) is 0 Å². The highest BCUT2D eigenvalue weighted by molar-refractivity contribution is 6.14. The number of likely N-dealkylation sites (N-methyl/N-ethyl adjacent to an activating group) is 1. The molecular formula is C19H20N2. The number of hydrogen-bond donors (Lipinski definition) is 0. The third-order valence-electron chi connectivity index (χ3n) is 4.74. The van der Waals surface area contributed by atoms with Gasteiger partial charge in [-0.1, -0.05) is 54.6 Å². The Hall–Kier alpha value is -1.93. The number of nitrogens with zero attached hydrogens (tertiary/aromatic N) is 2. The Balaban J connectivity index is 1.85. The van der Waals surface area contributed by atoms with Crippen LogP contribution in [-0.2, 0) is 0 Å². The average Bonchev–Trinajstić information content (AvgIpc) is 2.55. The zero-order valence-electron chi connectivity index (χ0n) is 12.4. The second-order valence-electron chi connectivity index (χ2n) is 6.16. The first kappa shape index (κ1) is 12.8. The lowest BCUT2D eigenvalue weighted by Crippen LogP contribution is -2.41. The second-order valence-corrected chi connectivity index (χ2v) is 6.16. The van der Waals surface area contributed by atoms with Crippen LogP contribution >= 0.6 is 0 Å². The van der Waals surface area contributed by atoms with Gasteiger partial charge in [0.15, 0.2) is 0 Å². The van der Waals surface area contributed by atoms with Crippen molar-refractivity contribution in [3.8, 4) is 0 Å². The van der Waals surface area contributed by atoms with Crippen molar-refractivity contribution in [3.63, 3.8) is 0 Å². The molecule has 0 amide bonds. The lowest BCUT2D eigenvalue weighted by molar-refractivity contribution is 0.227. The van der Waals surface area contributed by atoms with E-state index in [0.29, 0.717) is 12.0 Å². The summed E-state index contributed by atoms with van der Waals surface area (Å²) >= 11 is 0. The maximum Gasteiger partial charge on any atom is 0.0725 e. The molecule has 2 unspecified atom stereocenters. The molecule has 1 fully saturated rings. The molecule has 0 radical (unpaired) electrons. The van der Waals surface area contributed by atoms with Crippen LogP contribution in [0.1, 0.15) is 29.0 Å². The lowest BCUT2D eigenvalue weighted by Gasteiger charge is -2.39. The molecule has 4 rings (SSSR count). The molecule has 1 saturated heterocycles. The number of benzene rings is 2. The van der Waals surface area contributed by atoms with E-state index in [1.54, 1.807) is 0 Å². The highest BCUT2D eigenvalue weighted by Gasteiger charge is 2.34. The smallest absolute Gasteiger partial charge is 0.0725 e. The molecule has 2 nitrogen and oxygen atoms in total. The van der Waals surface area contributed by atoms with Gasteiger partial charge in [-0.3, -0.25) is 4.99 Å².